The first-order valence-electron chi connectivity index (χ1n) is 7.77. The summed E-state index contributed by atoms with van der Waals surface area (Å²) in [6.45, 7) is 6.69. The molecule has 0 radical (unpaired) electrons. The molecule has 5 heteroatoms. The van der Waals surface area contributed by atoms with E-state index >= 15 is 0 Å². The van der Waals surface area contributed by atoms with Crippen LogP contribution in [0.1, 0.15) is 12.8 Å². The summed E-state index contributed by atoms with van der Waals surface area (Å²) in [6, 6.07) is 6.77. The Morgan fingerprint density at radius 2 is 1.67 bits per heavy atom. The van der Waals surface area contributed by atoms with E-state index in [4.69, 9.17) is 9.47 Å². The minimum Gasteiger partial charge on any atom is -0.369 e. The first kappa shape index (κ1) is 14.8. The monoisotopic (exact) mass is 294 g/mol. The van der Waals surface area contributed by atoms with Gasteiger partial charge in [-0.25, -0.2) is 4.39 Å². The highest BCUT2D eigenvalue weighted by atomic mass is 19.1. The van der Waals surface area contributed by atoms with Crippen LogP contribution in [-0.2, 0) is 9.47 Å². The number of rotatable bonds is 4. The molecular formula is C16H23FN2O2. The van der Waals surface area contributed by atoms with Crippen molar-refractivity contribution in [3.05, 3.63) is 30.1 Å². The van der Waals surface area contributed by atoms with Gasteiger partial charge in [0.05, 0.1) is 13.2 Å². The third kappa shape index (κ3) is 4.15. The van der Waals surface area contributed by atoms with Crippen LogP contribution in [0, 0.1) is 5.82 Å². The zero-order valence-electron chi connectivity index (χ0n) is 12.3. The highest BCUT2D eigenvalue weighted by molar-refractivity contribution is 5.46. The van der Waals surface area contributed by atoms with E-state index in [1.807, 2.05) is 12.1 Å². The van der Waals surface area contributed by atoms with Crippen molar-refractivity contribution in [3.8, 4) is 0 Å². The quantitative estimate of drug-likeness (QED) is 0.849. The molecular weight excluding hydrogens is 271 g/mol. The van der Waals surface area contributed by atoms with Gasteiger partial charge in [-0.2, -0.15) is 0 Å². The first-order valence-corrected chi connectivity index (χ1v) is 7.77. The summed E-state index contributed by atoms with van der Waals surface area (Å²) in [7, 11) is 0. The number of nitrogens with zero attached hydrogens (tertiary/aromatic N) is 2. The molecule has 1 aromatic carbocycles. The minimum atomic E-state index is -0.176. The van der Waals surface area contributed by atoms with Crippen molar-refractivity contribution in [3.63, 3.8) is 0 Å². The second-order valence-corrected chi connectivity index (χ2v) is 5.62. The van der Waals surface area contributed by atoms with Gasteiger partial charge in [-0.15, -0.1) is 0 Å². The fraction of sp³-hybridized carbons (Fsp3) is 0.625. The number of hydrogen-bond acceptors (Lipinski definition) is 4. The van der Waals surface area contributed by atoms with Crippen LogP contribution in [0.25, 0.3) is 0 Å². The van der Waals surface area contributed by atoms with Crippen LogP contribution in [0.4, 0.5) is 10.1 Å². The van der Waals surface area contributed by atoms with Gasteiger partial charge in [-0.1, -0.05) is 0 Å². The molecule has 0 amide bonds. The Morgan fingerprint density at radius 1 is 1.00 bits per heavy atom. The maximum atomic E-state index is 12.9. The van der Waals surface area contributed by atoms with Gasteiger partial charge in [0.15, 0.2) is 6.29 Å². The molecule has 1 aromatic rings. The molecule has 0 saturated carbocycles. The number of halogens is 1. The lowest BCUT2D eigenvalue weighted by atomic mass is 10.2. The summed E-state index contributed by atoms with van der Waals surface area (Å²) in [5.41, 5.74) is 1.11. The molecule has 4 nitrogen and oxygen atoms in total. The van der Waals surface area contributed by atoms with E-state index < -0.39 is 0 Å². The normalized spacial score (nSPS) is 21.7. The number of hydrogen-bond donors (Lipinski definition) is 0. The van der Waals surface area contributed by atoms with Crippen LogP contribution in [0.15, 0.2) is 24.3 Å². The summed E-state index contributed by atoms with van der Waals surface area (Å²) >= 11 is 0. The van der Waals surface area contributed by atoms with Gasteiger partial charge >= 0.3 is 0 Å². The predicted octanol–water partition coefficient (Wildman–Crippen LogP) is 2.10. The number of anilines is 1. The third-order valence-electron chi connectivity index (χ3n) is 4.14. The highest BCUT2D eigenvalue weighted by Gasteiger charge is 2.20. The van der Waals surface area contributed by atoms with Crippen molar-refractivity contribution in [2.45, 2.75) is 19.1 Å². The smallest absolute Gasteiger partial charge is 0.158 e. The lowest BCUT2D eigenvalue weighted by Crippen LogP contribution is -2.47. The Hall–Kier alpha value is -1.17. The Morgan fingerprint density at radius 3 is 2.33 bits per heavy atom. The van der Waals surface area contributed by atoms with Gasteiger partial charge in [0.25, 0.3) is 0 Å². The minimum absolute atomic E-state index is 0.0196. The van der Waals surface area contributed by atoms with Gasteiger partial charge in [-0.3, -0.25) is 4.90 Å². The van der Waals surface area contributed by atoms with Gasteiger partial charge in [-0.05, 0) is 30.7 Å². The summed E-state index contributed by atoms with van der Waals surface area (Å²) in [5, 5.41) is 0. The fourth-order valence-electron chi connectivity index (χ4n) is 2.87. The van der Waals surface area contributed by atoms with Crippen LogP contribution in [0.5, 0.6) is 0 Å². The lowest BCUT2D eigenvalue weighted by molar-refractivity contribution is -0.182. The van der Waals surface area contributed by atoms with Gasteiger partial charge in [0.2, 0.25) is 0 Å². The molecule has 2 saturated heterocycles. The van der Waals surface area contributed by atoms with Crippen molar-refractivity contribution < 1.29 is 13.9 Å². The van der Waals surface area contributed by atoms with E-state index in [1.165, 1.54) is 12.1 Å². The molecule has 116 valence electrons. The van der Waals surface area contributed by atoms with E-state index in [-0.39, 0.29) is 12.1 Å². The lowest BCUT2D eigenvalue weighted by Gasteiger charge is -2.36. The van der Waals surface area contributed by atoms with E-state index in [1.54, 1.807) is 0 Å². The number of ether oxygens (including phenoxy) is 2. The zero-order valence-corrected chi connectivity index (χ0v) is 12.3. The first-order chi connectivity index (χ1) is 10.3. The summed E-state index contributed by atoms with van der Waals surface area (Å²) < 4.78 is 24.1. The molecule has 2 heterocycles. The second-order valence-electron chi connectivity index (χ2n) is 5.62. The SMILES string of the molecule is Fc1ccc(N2CCN(CCC3OCCCO3)CC2)cc1. The molecule has 21 heavy (non-hydrogen) atoms. The highest BCUT2D eigenvalue weighted by Crippen LogP contribution is 2.17. The largest absolute Gasteiger partial charge is 0.369 e. The predicted molar refractivity (Wildman–Crippen MR) is 80.0 cm³/mol. The van der Waals surface area contributed by atoms with Crippen LogP contribution >= 0.6 is 0 Å². The summed E-state index contributed by atoms with van der Waals surface area (Å²) in [4.78, 5) is 4.75. The van der Waals surface area contributed by atoms with E-state index in [2.05, 4.69) is 9.80 Å². The van der Waals surface area contributed by atoms with Crippen molar-refractivity contribution in [1.82, 2.24) is 4.90 Å². The molecule has 3 rings (SSSR count). The molecule has 0 spiro atoms. The topological polar surface area (TPSA) is 24.9 Å². The number of piperazine rings is 1. The molecule has 0 bridgehead atoms. The Kier molecular flexibility index (Phi) is 5.06. The second kappa shape index (κ2) is 7.20. The molecule has 2 aliphatic rings. The van der Waals surface area contributed by atoms with Crippen molar-refractivity contribution in [2.24, 2.45) is 0 Å². The van der Waals surface area contributed by atoms with Crippen LogP contribution in [-0.4, -0.2) is 57.1 Å². The molecule has 0 aliphatic carbocycles. The van der Waals surface area contributed by atoms with Crippen LogP contribution in [0.3, 0.4) is 0 Å². The van der Waals surface area contributed by atoms with Crippen LogP contribution < -0.4 is 4.90 Å². The van der Waals surface area contributed by atoms with Gasteiger partial charge in [0, 0.05) is 44.8 Å². The van der Waals surface area contributed by atoms with E-state index in [0.29, 0.717) is 0 Å². The molecule has 2 fully saturated rings. The third-order valence-corrected chi connectivity index (χ3v) is 4.14. The number of benzene rings is 1. The summed E-state index contributed by atoms with van der Waals surface area (Å²) in [5.74, 6) is -0.176. The van der Waals surface area contributed by atoms with Crippen molar-refractivity contribution in [2.75, 3.05) is 50.8 Å². The fourth-order valence-corrected chi connectivity index (χ4v) is 2.87. The molecule has 0 N–H and O–H groups in total. The molecule has 2 aliphatic heterocycles. The van der Waals surface area contributed by atoms with Gasteiger partial charge < -0.3 is 14.4 Å². The standard InChI is InChI=1S/C16H23FN2O2/c17-14-2-4-15(5-3-14)19-10-8-18(9-11-19)7-6-16-20-12-1-13-21-16/h2-5,16H,1,6-13H2. The van der Waals surface area contributed by atoms with E-state index in [9.17, 15) is 4.39 Å². The van der Waals surface area contributed by atoms with E-state index in [0.717, 1.165) is 64.5 Å². The van der Waals surface area contributed by atoms with Crippen LogP contribution in [0.2, 0.25) is 0 Å². The van der Waals surface area contributed by atoms with Crippen molar-refractivity contribution >= 4 is 5.69 Å². The Bertz CT molecular complexity index is 426. The van der Waals surface area contributed by atoms with Crippen molar-refractivity contribution in [1.29, 1.82) is 0 Å². The molecule has 0 aromatic heterocycles. The maximum absolute atomic E-state index is 12.9. The Balaban J connectivity index is 1.41. The average molecular weight is 294 g/mol. The maximum Gasteiger partial charge on any atom is 0.158 e. The molecule has 0 atom stereocenters. The van der Waals surface area contributed by atoms with Gasteiger partial charge in [0.1, 0.15) is 5.82 Å². The molecule has 0 unspecified atom stereocenters. The zero-order chi connectivity index (χ0) is 14.5. The summed E-state index contributed by atoms with van der Waals surface area (Å²) in [6.07, 6.45) is 1.93. The average Bonchev–Trinajstić information content (AvgIpc) is 2.55. The Labute approximate surface area is 125 Å².